The summed E-state index contributed by atoms with van der Waals surface area (Å²) in [5.41, 5.74) is 0.714. The normalized spacial score (nSPS) is 11.3. The van der Waals surface area contributed by atoms with Gasteiger partial charge in [0.2, 0.25) is 0 Å². The fourth-order valence-electron chi connectivity index (χ4n) is 1.75. The molecule has 5 nitrogen and oxygen atoms in total. The van der Waals surface area contributed by atoms with E-state index >= 15 is 0 Å². The highest BCUT2D eigenvalue weighted by atomic mass is 32.2. The van der Waals surface area contributed by atoms with Crippen molar-refractivity contribution in [3.8, 4) is 0 Å². The number of hydrogen-bond acceptors (Lipinski definition) is 4. The minimum absolute atomic E-state index is 0.0133. The first-order valence-electron chi connectivity index (χ1n) is 5.87. The molecule has 21 heavy (non-hydrogen) atoms. The van der Waals surface area contributed by atoms with Crippen LogP contribution in [0.3, 0.4) is 0 Å². The van der Waals surface area contributed by atoms with Crippen LogP contribution in [0.5, 0.6) is 0 Å². The molecule has 112 valence electrons. The lowest BCUT2D eigenvalue weighted by atomic mass is 10.2. The number of anilines is 1. The molecule has 8 heteroatoms. The van der Waals surface area contributed by atoms with Crippen molar-refractivity contribution in [3.05, 3.63) is 46.6 Å². The first-order chi connectivity index (χ1) is 9.76. The van der Waals surface area contributed by atoms with Crippen LogP contribution in [0.15, 0.2) is 34.5 Å². The van der Waals surface area contributed by atoms with Gasteiger partial charge in [0.05, 0.1) is 12.1 Å². The molecular formula is C13H12FNO4S2. The maximum atomic E-state index is 13.3. The van der Waals surface area contributed by atoms with E-state index in [1.807, 2.05) is 0 Å². The van der Waals surface area contributed by atoms with Crippen LogP contribution in [0.2, 0.25) is 0 Å². The highest BCUT2D eigenvalue weighted by Gasteiger charge is 2.18. The van der Waals surface area contributed by atoms with Crippen LogP contribution >= 0.6 is 11.3 Å². The highest BCUT2D eigenvalue weighted by molar-refractivity contribution is 7.94. The Labute approximate surface area is 125 Å². The molecule has 1 heterocycles. The first kappa shape index (κ1) is 15.5. The third-order valence-electron chi connectivity index (χ3n) is 2.52. The summed E-state index contributed by atoms with van der Waals surface area (Å²) in [5.74, 6) is -1.57. The Morgan fingerprint density at radius 3 is 2.67 bits per heavy atom. The topological polar surface area (TPSA) is 83.5 Å². The zero-order chi connectivity index (χ0) is 15.6. The van der Waals surface area contributed by atoms with Gasteiger partial charge in [0.1, 0.15) is 10.0 Å². The molecule has 2 aromatic rings. The molecule has 0 saturated carbocycles. The Bertz CT molecular complexity index is 763. The summed E-state index contributed by atoms with van der Waals surface area (Å²) in [6, 6.07) is 6.65. The van der Waals surface area contributed by atoms with Crippen LogP contribution in [-0.4, -0.2) is 19.5 Å². The minimum Gasteiger partial charge on any atom is -0.481 e. The van der Waals surface area contributed by atoms with Crippen molar-refractivity contribution in [2.24, 2.45) is 0 Å². The number of carboxylic acid groups (broad SMARTS) is 1. The molecule has 1 aromatic heterocycles. The molecule has 1 aromatic carbocycles. The molecule has 0 bridgehead atoms. The van der Waals surface area contributed by atoms with Crippen molar-refractivity contribution in [1.29, 1.82) is 0 Å². The molecule has 0 aliphatic rings. The standard InChI is InChI=1S/C13H12FNO4S2/c1-8-4-9(14)6-10(5-8)15-21(18,19)13-3-2-11(20-13)7-12(16)17/h2-6,15H,7H2,1H3,(H,16,17). The van der Waals surface area contributed by atoms with Crippen LogP contribution in [0.25, 0.3) is 0 Å². The van der Waals surface area contributed by atoms with Crippen molar-refractivity contribution in [2.75, 3.05) is 4.72 Å². The largest absolute Gasteiger partial charge is 0.481 e. The van der Waals surface area contributed by atoms with Crippen molar-refractivity contribution in [2.45, 2.75) is 17.6 Å². The van der Waals surface area contributed by atoms with E-state index in [-0.39, 0.29) is 16.3 Å². The Hall–Kier alpha value is -1.93. The molecule has 0 spiro atoms. The van der Waals surface area contributed by atoms with Crippen LogP contribution in [0.1, 0.15) is 10.4 Å². The molecule has 0 atom stereocenters. The quantitative estimate of drug-likeness (QED) is 0.883. The average Bonchev–Trinajstić information content (AvgIpc) is 2.74. The van der Waals surface area contributed by atoms with E-state index in [0.717, 1.165) is 17.4 Å². The molecule has 2 rings (SSSR count). The van der Waals surface area contributed by atoms with Gasteiger partial charge < -0.3 is 5.11 Å². The predicted octanol–water partition coefficient (Wildman–Crippen LogP) is 2.62. The molecular weight excluding hydrogens is 317 g/mol. The Morgan fingerprint density at radius 2 is 2.05 bits per heavy atom. The van der Waals surface area contributed by atoms with Gasteiger partial charge in [0.15, 0.2) is 0 Å². The van der Waals surface area contributed by atoms with Gasteiger partial charge in [-0.2, -0.15) is 0 Å². The lowest BCUT2D eigenvalue weighted by Gasteiger charge is -2.07. The van der Waals surface area contributed by atoms with Crippen molar-refractivity contribution in [1.82, 2.24) is 0 Å². The van der Waals surface area contributed by atoms with E-state index in [0.29, 0.717) is 10.4 Å². The molecule has 0 aliphatic carbocycles. The van der Waals surface area contributed by atoms with Gasteiger partial charge in [0, 0.05) is 4.88 Å². The monoisotopic (exact) mass is 329 g/mol. The number of nitrogens with one attached hydrogen (secondary N) is 1. The van der Waals surface area contributed by atoms with Crippen LogP contribution in [0, 0.1) is 12.7 Å². The lowest BCUT2D eigenvalue weighted by molar-refractivity contribution is -0.136. The number of halogens is 1. The molecule has 0 amide bonds. The van der Waals surface area contributed by atoms with E-state index in [9.17, 15) is 17.6 Å². The predicted molar refractivity (Wildman–Crippen MR) is 77.6 cm³/mol. The van der Waals surface area contributed by atoms with Crippen molar-refractivity contribution >= 4 is 33.0 Å². The maximum Gasteiger partial charge on any atom is 0.308 e. The van der Waals surface area contributed by atoms with Crippen molar-refractivity contribution in [3.63, 3.8) is 0 Å². The first-order valence-corrected chi connectivity index (χ1v) is 8.17. The zero-order valence-corrected chi connectivity index (χ0v) is 12.6. The van der Waals surface area contributed by atoms with E-state index in [4.69, 9.17) is 5.11 Å². The summed E-state index contributed by atoms with van der Waals surface area (Å²) in [5, 5.41) is 8.68. The molecule has 0 radical (unpaired) electrons. The fourth-order valence-corrected chi connectivity index (χ4v) is 4.13. The number of aryl methyl sites for hydroxylation is 1. The maximum absolute atomic E-state index is 13.3. The van der Waals surface area contributed by atoms with E-state index in [1.165, 1.54) is 24.3 Å². The highest BCUT2D eigenvalue weighted by Crippen LogP contribution is 2.25. The summed E-state index contributed by atoms with van der Waals surface area (Å²) < 4.78 is 39.8. The molecule has 0 unspecified atom stereocenters. The SMILES string of the molecule is Cc1cc(F)cc(NS(=O)(=O)c2ccc(CC(=O)O)s2)c1. The van der Waals surface area contributed by atoms with Crippen molar-refractivity contribution < 1.29 is 22.7 Å². The summed E-state index contributed by atoms with van der Waals surface area (Å²) in [6.07, 6.45) is -0.237. The Balaban J connectivity index is 2.25. The number of hydrogen-bond donors (Lipinski definition) is 2. The fraction of sp³-hybridized carbons (Fsp3) is 0.154. The van der Waals surface area contributed by atoms with Gasteiger partial charge in [-0.15, -0.1) is 11.3 Å². The number of aliphatic carboxylic acids is 1. The number of carbonyl (C=O) groups is 1. The smallest absolute Gasteiger partial charge is 0.308 e. The average molecular weight is 329 g/mol. The van der Waals surface area contributed by atoms with E-state index in [1.54, 1.807) is 6.92 Å². The number of carboxylic acids is 1. The van der Waals surface area contributed by atoms with Crippen LogP contribution in [-0.2, 0) is 21.2 Å². The summed E-state index contributed by atoms with van der Waals surface area (Å²) in [7, 11) is -3.85. The van der Waals surface area contributed by atoms with Gasteiger partial charge in [-0.1, -0.05) is 0 Å². The van der Waals surface area contributed by atoms with E-state index < -0.39 is 21.8 Å². The number of thiophene rings is 1. The summed E-state index contributed by atoms with van der Waals surface area (Å²) >= 11 is 0.871. The molecule has 0 aliphatic heterocycles. The van der Waals surface area contributed by atoms with Gasteiger partial charge in [-0.3, -0.25) is 9.52 Å². The second-order valence-electron chi connectivity index (χ2n) is 4.41. The number of sulfonamides is 1. The minimum atomic E-state index is -3.85. The second kappa shape index (κ2) is 5.82. The molecule has 2 N–H and O–H groups in total. The molecule has 0 saturated heterocycles. The van der Waals surface area contributed by atoms with Gasteiger partial charge in [-0.25, -0.2) is 12.8 Å². The van der Waals surface area contributed by atoms with Crippen LogP contribution in [0.4, 0.5) is 10.1 Å². The third-order valence-corrected chi connectivity index (χ3v) is 5.48. The lowest BCUT2D eigenvalue weighted by Crippen LogP contribution is -2.11. The van der Waals surface area contributed by atoms with Gasteiger partial charge in [-0.05, 0) is 42.8 Å². The summed E-state index contributed by atoms with van der Waals surface area (Å²) in [6.45, 7) is 1.65. The Morgan fingerprint density at radius 1 is 1.33 bits per heavy atom. The van der Waals surface area contributed by atoms with Gasteiger partial charge in [0.25, 0.3) is 10.0 Å². The summed E-state index contributed by atoms with van der Waals surface area (Å²) in [4.78, 5) is 11.0. The van der Waals surface area contributed by atoms with Crippen LogP contribution < -0.4 is 4.72 Å². The second-order valence-corrected chi connectivity index (χ2v) is 7.49. The number of rotatable bonds is 5. The molecule has 0 fully saturated rings. The van der Waals surface area contributed by atoms with Gasteiger partial charge >= 0.3 is 5.97 Å². The Kier molecular flexibility index (Phi) is 4.29. The zero-order valence-electron chi connectivity index (χ0n) is 11.0. The third kappa shape index (κ3) is 4.02. The van der Waals surface area contributed by atoms with E-state index in [2.05, 4.69) is 4.72 Å². The number of benzene rings is 1.